The fourth-order valence-corrected chi connectivity index (χ4v) is 4.91. The van der Waals surface area contributed by atoms with E-state index in [2.05, 4.69) is 13.8 Å². The maximum Gasteiger partial charge on any atom is 0.155 e. The van der Waals surface area contributed by atoms with Crippen LogP contribution in [0.3, 0.4) is 0 Å². The first-order valence-electron chi connectivity index (χ1n) is 11.3. The van der Waals surface area contributed by atoms with Gasteiger partial charge in [0.2, 0.25) is 0 Å². The summed E-state index contributed by atoms with van der Waals surface area (Å²) in [6.07, 6.45) is 18.8. The third-order valence-corrected chi connectivity index (χ3v) is 6.67. The maximum absolute atomic E-state index is 12.3. The quantitative estimate of drug-likeness (QED) is 0.316. The van der Waals surface area contributed by atoms with Crippen LogP contribution in [-0.2, 0) is 9.59 Å². The van der Waals surface area contributed by atoms with Crippen molar-refractivity contribution in [3.05, 3.63) is 11.6 Å². The molecule has 3 atom stereocenters. The molecular weight excluding hydrogens is 320 g/mol. The Morgan fingerprint density at radius 3 is 2.46 bits per heavy atom. The highest BCUT2D eigenvalue weighted by molar-refractivity contribution is 5.90. The van der Waals surface area contributed by atoms with Crippen LogP contribution in [0.5, 0.6) is 0 Å². The van der Waals surface area contributed by atoms with Crippen LogP contribution in [-0.4, -0.2) is 11.6 Å². The molecule has 2 aliphatic rings. The molecule has 2 rings (SSSR count). The van der Waals surface area contributed by atoms with Crippen LogP contribution in [0.1, 0.15) is 110 Å². The first kappa shape index (κ1) is 21.4. The highest BCUT2D eigenvalue weighted by Gasteiger charge is 2.27. The van der Waals surface area contributed by atoms with Crippen molar-refractivity contribution < 1.29 is 9.59 Å². The lowest BCUT2D eigenvalue weighted by molar-refractivity contribution is -0.123. The molecule has 0 saturated heterocycles. The molecule has 2 fully saturated rings. The maximum atomic E-state index is 12.3. The summed E-state index contributed by atoms with van der Waals surface area (Å²) in [5.74, 6) is 2.64. The smallest absolute Gasteiger partial charge is 0.155 e. The van der Waals surface area contributed by atoms with Gasteiger partial charge in [-0.05, 0) is 69.3 Å². The first-order chi connectivity index (χ1) is 12.6. The summed E-state index contributed by atoms with van der Waals surface area (Å²) in [4.78, 5) is 24.4. The second-order valence-corrected chi connectivity index (χ2v) is 8.89. The van der Waals surface area contributed by atoms with E-state index < -0.39 is 0 Å². The summed E-state index contributed by atoms with van der Waals surface area (Å²) in [6, 6.07) is 0. The molecule has 0 spiro atoms. The Bertz CT molecular complexity index is 477. The van der Waals surface area contributed by atoms with E-state index in [1.165, 1.54) is 50.5 Å². The first-order valence-corrected chi connectivity index (χ1v) is 11.3. The van der Waals surface area contributed by atoms with Crippen molar-refractivity contribution in [3.8, 4) is 0 Å². The summed E-state index contributed by atoms with van der Waals surface area (Å²) in [7, 11) is 0. The zero-order valence-corrected chi connectivity index (χ0v) is 17.2. The highest BCUT2D eigenvalue weighted by Crippen LogP contribution is 2.40. The van der Waals surface area contributed by atoms with Crippen LogP contribution in [0.2, 0.25) is 0 Å². The van der Waals surface area contributed by atoms with Gasteiger partial charge in [0.1, 0.15) is 5.78 Å². The number of hydrogen-bond acceptors (Lipinski definition) is 2. The van der Waals surface area contributed by atoms with Gasteiger partial charge in [-0.25, -0.2) is 0 Å². The molecule has 148 valence electrons. The van der Waals surface area contributed by atoms with E-state index in [-0.39, 0.29) is 5.92 Å². The average Bonchev–Trinajstić information content (AvgIpc) is 2.84. The minimum atomic E-state index is 0.196. The summed E-state index contributed by atoms with van der Waals surface area (Å²) < 4.78 is 0. The number of fused-ring (bicyclic) bond motifs is 1. The predicted molar refractivity (Wildman–Crippen MR) is 109 cm³/mol. The van der Waals surface area contributed by atoms with Gasteiger partial charge in [-0.1, -0.05) is 51.5 Å². The summed E-state index contributed by atoms with van der Waals surface area (Å²) in [5, 5.41) is 0. The van der Waals surface area contributed by atoms with Gasteiger partial charge in [0.15, 0.2) is 5.78 Å². The number of ketones is 2. The van der Waals surface area contributed by atoms with E-state index in [0.29, 0.717) is 24.4 Å². The Morgan fingerprint density at radius 2 is 1.69 bits per heavy atom. The molecule has 0 N–H and O–H groups in total. The normalized spacial score (nSPS) is 26.2. The largest absolute Gasteiger partial charge is 0.299 e. The topological polar surface area (TPSA) is 34.1 Å². The zero-order valence-electron chi connectivity index (χ0n) is 17.2. The van der Waals surface area contributed by atoms with E-state index in [9.17, 15) is 9.59 Å². The molecule has 0 aromatic carbocycles. The fraction of sp³-hybridized carbons (Fsp3) is 0.833. The minimum Gasteiger partial charge on any atom is -0.299 e. The highest BCUT2D eigenvalue weighted by atomic mass is 16.1. The zero-order chi connectivity index (χ0) is 18.8. The standard InChI is InChI=1S/C24H40O2/c1-3-4-10-19(2)24(26)16-8-7-15-23(25)18-20-11-9-14-21-12-5-6-13-22(21)17-20/h18-19,21-22H,3-17H2,1-2H3/b20-18+. The molecule has 0 radical (unpaired) electrons. The number of hydrogen-bond donors (Lipinski definition) is 0. The van der Waals surface area contributed by atoms with Gasteiger partial charge in [-0.2, -0.15) is 0 Å². The number of carbonyl (C=O) groups is 2. The third kappa shape index (κ3) is 7.37. The van der Waals surface area contributed by atoms with Gasteiger partial charge in [0, 0.05) is 18.8 Å². The lowest BCUT2D eigenvalue weighted by atomic mass is 9.76. The van der Waals surface area contributed by atoms with Gasteiger partial charge in [-0.3, -0.25) is 9.59 Å². The average molecular weight is 361 g/mol. The van der Waals surface area contributed by atoms with E-state index in [0.717, 1.165) is 50.4 Å². The second-order valence-electron chi connectivity index (χ2n) is 8.89. The Kier molecular flexibility index (Phi) is 9.64. The molecule has 0 bridgehead atoms. The number of carbonyl (C=O) groups excluding carboxylic acids is 2. The Balaban J connectivity index is 1.67. The molecule has 0 aromatic heterocycles. The Hall–Kier alpha value is -0.920. The Morgan fingerprint density at radius 1 is 1.00 bits per heavy atom. The van der Waals surface area contributed by atoms with Crippen molar-refractivity contribution >= 4 is 11.6 Å². The SMILES string of the molecule is CCCCC(C)C(=O)CCCCC(=O)/C=C1\CCCC2CCCCC2C1. The van der Waals surface area contributed by atoms with E-state index in [1.54, 1.807) is 0 Å². The van der Waals surface area contributed by atoms with Crippen LogP contribution in [0.15, 0.2) is 11.6 Å². The van der Waals surface area contributed by atoms with Crippen molar-refractivity contribution in [2.24, 2.45) is 17.8 Å². The summed E-state index contributed by atoms with van der Waals surface area (Å²) in [6.45, 7) is 4.22. The number of rotatable bonds is 10. The van der Waals surface area contributed by atoms with Crippen LogP contribution in [0, 0.1) is 17.8 Å². The van der Waals surface area contributed by atoms with Gasteiger partial charge in [0.25, 0.3) is 0 Å². The van der Waals surface area contributed by atoms with Gasteiger partial charge < -0.3 is 0 Å². The predicted octanol–water partition coefficient (Wildman–Crippen LogP) is 6.82. The Labute approximate surface area is 161 Å². The fourth-order valence-electron chi connectivity index (χ4n) is 4.91. The molecule has 0 aliphatic heterocycles. The molecule has 2 nitrogen and oxygen atoms in total. The van der Waals surface area contributed by atoms with E-state index >= 15 is 0 Å². The number of Topliss-reactive ketones (excluding diaryl/α,β-unsaturated/α-hetero) is 1. The molecule has 2 saturated carbocycles. The van der Waals surface area contributed by atoms with Crippen LogP contribution in [0.25, 0.3) is 0 Å². The monoisotopic (exact) mass is 360 g/mol. The summed E-state index contributed by atoms with van der Waals surface area (Å²) >= 11 is 0. The van der Waals surface area contributed by atoms with E-state index in [1.807, 2.05) is 6.08 Å². The van der Waals surface area contributed by atoms with Gasteiger partial charge >= 0.3 is 0 Å². The van der Waals surface area contributed by atoms with Crippen LogP contribution >= 0.6 is 0 Å². The van der Waals surface area contributed by atoms with Crippen molar-refractivity contribution in [2.45, 2.75) is 110 Å². The molecule has 0 heterocycles. The second kappa shape index (κ2) is 11.7. The molecule has 2 aliphatic carbocycles. The van der Waals surface area contributed by atoms with Crippen molar-refractivity contribution in [2.75, 3.05) is 0 Å². The number of unbranched alkanes of at least 4 members (excludes halogenated alkanes) is 2. The van der Waals surface area contributed by atoms with E-state index in [4.69, 9.17) is 0 Å². The molecular formula is C24H40O2. The van der Waals surface area contributed by atoms with Crippen LogP contribution in [0.4, 0.5) is 0 Å². The molecule has 3 unspecified atom stereocenters. The molecule has 0 amide bonds. The lowest BCUT2D eigenvalue weighted by Crippen LogP contribution is -2.18. The molecule has 26 heavy (non-hydrogen) atoms. The molecule has 2 heteroatoms. The van der Waals surface area contributed by atoms with Gasteiger partial charge in [0.05, 0.1) is 0 Å². The third-order valence-electron chi connectivity index (χ3n) is 6.67. The van der Waals surface area contributed by atoms with Gasteiger partial charge in [-0.15, -0.1) is 0 Å². The minimum absolute atomic E-state index is 0.196. The van der Waals surface area contributed by atoms with Crippen molar-refractivity contribution in [1.29, 1.82) is 0 Å². The van der Waals surface area contributed by atoms with Crippen LogP contribution < -0.4 is 0 Å². The summed E-state index contributed by atoms with van der Waals surface area (Å²) in [5.41, 5.74) is 1.41. The lowest BCUT2D eigenvalue weighted by Gasteiger charge is -2.29. The molecule has 0 aromatic rings. The number of allylic oxidation sites excluding steroid dienone is 2. The van der Waals surface area contributed by atoms with Crippen molar-refractivity contribution in [1.82, 2.24) is 0 Å². The van der Waals surface area contributed by atoms with Crippen molar-refractivity contribution in [3.63, 3.8) is 0 Å².